The number of hydrogen-bond acceptors (Lipinski definition) is 2. The van der Waals surface area contributed by atoms with E-state index < -0.39 is 11.0 Å². The predicted octanol–water partition coefficient (Wildman–Crippen LogP) is 2.67. The largest absolute Gasteiger partial charge is 0.317 e. The normalized spacial score (nSPS) is 25.7. The Bertz CT molecular complexity index is 558. The number of rotatable bonds is 2. The zero-order chi connectivity index (χ0) is 15.8. The van der Waals surface area contributed by atoms with E-state index in [4.69, 9.17) is 0 Å². The van der Waals surface area contributed by atoms with Crippen LogP contribution in [0.25, 0.3) is 0 Å². The van der Waals surface area contributed by atoms with E-state index in [1.807, 2.05) is 20.8 Å². The summed E-state index contributed by atoms with van der Waals surface area (Å²) in [7, 11) is -1.01. The van der Waals surface area contributed by atoms with Crippen LogP contribution in [0.4, 0.5) is 0 Å². The Morgan fingerprint density at radius 3 is 2.59 bits per heavy atom. The van der Waals surface area contributed by atoms with Crippen molar-refractivity contribution in [3.63, 3.8) is 0 Å². The molecule has 0 amide bonds. The zero-order valence-corrected chi connectivity index (χ0v) is 14.8. The third kappa shape index (κ3) is 2.89. The van der Waals surface area contributed by atoms with E-state index in [2.05, 4.69) is 34.3 Å². The maximum absolute atomic E-state index is 12.7. The topological polar surface area (TPSA) is 41.1 Å². The molecule has 1 aromatic carbocycles. The van der Waals surface area contributed by atoms with Crippen LogP contribution in [0.1, 0.15) is 51.2 Å². The molecular weight excluding hydrogens is 292 g/mol. The van der Waals surface area contributed by atoms with Crippen LogP contribution in [0.5, 0.6) is 0 Å². The number of aryl methyl sites for hydroxylation is 1. The Morgan fingerprint density at radius 1 is 1.23 bits per heavy atom. The minimum absolute atomic E-state index is 0.140. The summed E-state index contributed by atoms with van der Waals surface area (Å²) in [6.45, 7) is 8.23. The highest BCUT2D eigenvalue weighted by Gasteiger charge is 2.45. The van der Waals surface area contributed by atoms with Crippen molar-refractivity contribution in [3.8, 4) is 0 Å². The second-order valence-corrected chi connectivity index (χ2v) is 9.65. The monoisotopic (exact) mass is 320 g/mol. The fourth-order valence-corrected chi connectivity index (χ4v) is 4.91. The lowest BCUT2D eigenvalue weighted by Crippen LogP contribution is -2.57. The van der Waals surface area contributed by atoms with Gasteiger partial charge in [-0.25, -0.2) is 8.93 Å². The van der Waals surface area contributed by atoms with Crippen molar-refractivity contribution in [2.24, 2.45) is 0 Å². The van der Waals surface area contributed by atoms with Crippen molar-refractivity contribution in [1.29, 1.82) is 0 Å². The predicted molar refractivity (Wildman–Crippen MR) is 93.4 cm³/mol. The van der Waals surface area contributed by atoms with E-state index in [-0.39, 0.29) is 10.2 Å². The average Bonchev–Trinajstić information content (AvgIpc) is 2.50. The van der Waals surface area contributed by atoms with Gasteiger partial charge in [-0.3, -0.25) is 0 Å². The molecule has 1 saturated heterocycles. The maximum atomic E-state index is 12.7. The lowest BCUT2D eigenvalue weighted by atomic mass is 9.62. The molecule has 0 saturated carbocycles. The summed E-state index contributed by atoms with van der Waals surface area (Å²) in [6.07, 6.45) is 4.43. The lowest BCUT2D eigenvalue weighted by molar-refractivity contribution is 0.220. The Balaban J connectivity index is 1.95. The maximum Gasteiger partial charge on any atom is 0.0973 e. The van der Waals surface area contributed by atoms with Crippen LogP contribution in [0.2, 0.25) is 0 Å². The first-order valence-electron chi connectivity index (χ1n) is 8.41. The first-order chi connectivity index (χ1) is 10.4. The molecule has 2 N–H and O–H groups in total. The van der Waals surface area contributed by atoms with Gasteiger partial charge in [0, 0.05) is 11.5 Å². The van der Waals surface area contributed by atoms with Gasteiger partial charge in [0.25, 0.3) is 0 Å². The molecule has 0 unspecified atom stereocenters. The molecule has 1 aliphatic carbocycles. The van der Waals surface area contributed by atoms with E-state index in [0.717, 1.165) is 38.8 Å². The Morgan fingerprint density at radius 2 is 1.91 bits per heavy atom. The van der Waals surface area contributed by atoms with Gasteiger partial charge in [-0.05, 0) is 70.7 Å². The molecule has 122 valence electrons. The van der Waals surface area contributed by atoms with Gasteiger partial charge in [-0.15, -0.1) is 0 Å². The Labute approximate surface area is 136 Å². The number of nitrogens with one attached hydrogen (secondary N) is 2. The number of piperidine rings is 1. The molecule has 0 bridgehead atoms. The van der Waals surface area contributed by atoms with Crippen LogP contribution in [-0.4, -0.2) is 28.1 Å². The van der Waals surface area contributed by atoms with Gasteiger partial charge in [-0.2, -0.15) is 0 Å². The lowest BCUT2D eigenvalue weighted by Gasteiger charge is -2.48. The van der Waals surface area contributed by atoms with Crippen LogP contribution in [-0.2, 0) is 22.8 Å². The van der Waals surface area contributed by atoms with Gasteiger partial charge < -0.3 is 5.32 Å². The highest BCUT2D eigenvalue weighted by Crippen LogP contribution is 2.44. The quantitative estimate of drug-likeness (QED) is 0.879. The molecule has 1 heterocycles. The molecule has 0 aromatic heterocycles. The summed E-state index contributed by atoms with van der Waals surface area (Å²) in [5.74, 6) is 0. The van der Waals surface area contributed by atoms with Crippen molar-refractivity contribution in [2.75, 3.05) is 13.1 Å². The van der Waals surface area contributed by atoms with Gasteiger partial charge >= 0.3 is 0 Å². The molecule has 4 heteroatoms. The van der Waals surface area contributed by atoms with Gasteiger partial charge in [0.15, 0.2) is 0 Å². The van der Waals surface area contributed by atoms with E-state index in [0.29, 0.717) is 6.04 Å². The standard InChI is InChI=1S/C18H28N2OS/c1-17(2,3)22(21)20-16-9-8-14-6-4-5-7-15(14)18(16)10-12-19-13-11-18/h4-7,16,19-20H,8-13H2,1-3H3/t16-,22-/m1/s1. The molecule has 1 spiro atoms. The number of benzene rings is 1. The number of hydrogen-bond donors (Lipinski definition) is 2. The first-order valence-corrected chi connectivity index (χ1v) is 9.56. The summed E-state index contributed by atoms with van der Waals surface area (Å²) in [6, 6.07) is 9.19. The van der Waals surface area contributed by atoms with Crippen molar-refractivity contribution >= 4 is 11.0 Å². The van der Waals surface area contributed by atoms with Gasteiger partial charge in [0.2, 0.25) is 0 Å². The van der Waals surface area contributed by atoms with Crippen LogP contribution in [0, 0.1) is 0 Å². The van der Waals surface area contributed by atoms with Crippen LogP contribution in [0.3, 0.4) is 0 Å². The molecular formula is C18H28N2OS. The molecule has 0 radical (unpaired) electrons. The molecule has 2 aliphatic rings. The van der Waals surface area contributed by atoms with Crippen LogP contribution >= 0.6 is 0 Å². The molecule has 3 nitrogen and oxygen atoms in total. The molecule has 1 aliphatic heterocycles. The average molecular weight is 321 g/mol. The van der Waals surface area contributed by atoms with Crippen molar-refractivity contribution < 1.29 is 4.21 Å². The van der Waals surface area contributed by atoms with E-state index in [1.54, 1.807) is 0 Å². The van der Waals surface area contributed by atoms with Gasteiger partial charge in [0.05, 0.1) is 15.7 Å². The highest BCUT2D eigenvalue weighted by atomic mass is 32.2. The summed E-state index contributed by atoms with van der Waals surface area (Å²) in [5.41, 5.74) is 3.12. The molecule has 3 rings (SSSR count). The fraction of sp³-hybridized carbons (Fsp3) is 0.667. The smallest absolute Gasteiger partial charge is 0.0973 e. The summed E-state index contributed by atoms with van der Waals surface area (Å²) >= 11 is 0. The van der Waals surface area contributed by atoms with Crippen molar-refractivity contribution in [3.05, 3.63) is 35.4 Å². The van der Waals surface area contributed by atoms with Gasteiger partial charge in [-0.1, -0.05) is 24.3 Å². The molecule has 1 fully saturated rings. The third-order valence-electron chi connectivity index (χ3n) is 5.22. The van der Waals surface area contributed by atoms with Crippen molar-refractivity contribution in [2.45, 2.75) is 62.7 Å². The second kappa shape index (κ2) is 6.06. The van der Waals surface area contributed by atoms with Gasteiger partial charge in [0.1, 0.15) is 0 Å². The molecule has 2 atom stereocenters. The first kappa shape index (κ1) is 16.2. The Hall–Kier alpha value is -0.710. The van der Waals surface area contributed by atoms with Crippen LogP contribution < -0.4 is 10.0 Å². The second-order valence-electron chi connectivity index (χ2n) is 7.65. The third-order valence-corrected chi connectivity index (χ3v) is 6.84. The van der Waals surface area contributed by atoms with Crippen LogP contribution in [0.15, 0.2) is 24.3 Å². The molecule has 22 heavy (non-hydrogen) atoms. The van der Waals surface area contributed by atoms with E-state index in [9.17, 15) is 4.21 Å². The summed E-state index contributed by atoms with van der Waals surface area (Å²) in [5, 5.41) is 3.49. The zero-order valence-electron chi connectivity index (χ0n) is 13.9. The highest BCUT2D eigenvalue weighted by molar-refractivity contribution is 7.84. The minimum Gasteiger partial charge on any atom is -0.317 e. The fourth-order valence-electron chi connectivity index (χ4n) is 3.96. The van der Waals surface area contributed by atoms with Crippen molar-refractivity contribution in [1.82, 2.24) is 10.0 Å². The summed E-state index contributed by atoms with van der Waals surface area (Å²) in [4.78, 5) is 0. The van der Waals surface area contributed by atoms with E-state index >= 15 is 0 Å². The number of fused-ring (bicyclic) bond motifs is 2. The summed E-state index contributed by atoms with van der Waals surface area (Å²) < 4.78 is 15.9. The Kier molecular flexibility index (Phi) is 4.45. The minimum atomic E-state index is -1.01. The molecule has 1 aromatic rings. The SMILES string of the molecule is CC(C)(C)[S@@](=O)N[C@@H]1CCc2ccccc2C12CCNCC2. The van der Waals surface area contributed by atoms with E-state index in [1.165, 1.54) is 11.1 Å².